The van der Waals surface area contributed by atoms with E-state index < -0.39 is 0 Å². The summed E-state index contributed by atoms with van der Waals surface area (Å²) in [6.07, 6.45) is 3.13. The van der Waals surface area contributed by atoms with Gasteiger partial charge in [0.2, 0.25) is 5.91 Å². The molecular weight excluding hydrogens is 475 g/mol. The maximum absolute atomic E-state index is 13.0. The van der Waals surface area contributed by atoms with Crippen molar-refractivity contribution in [1.29, 1.82) is 0 Å². The van der Waals surface area contributed by atoms with Crippen LogP contribution in [0.5, 0.6) is 0 Å². The van der Waals surface area contributed by atoms with Crippen LogP contribution in [-0.2, 0) is 17.8 Å². The highest BCUT2D eigenvalue weighted by atomic mass is 35.5. The maximum Gasteiger partial charge on any atom is 0.220 e. The molecule has 1 atom stereocenters. The van der Waals surface area contributed by atoms with Crippen molar-refractivity contribution in [2.75, 3.05) is 6.54 Å². The lowest BCUT2D eigenvalue weighted by Gasteiger charge is -2.18. The fourth-order valence-corrected chi connectivity index (χ4v) is 4.97. The first-order valence-electron chi connectivity index (χ1n) is 11.0. The van der Waals surface area contributed by atoms with E-state index in [1.165, 1.54) is 5.52 Å². The third kappa shape index (κ3) is 5.55. The molecule has 0 radical (unpaired) electrons. The Labute approximate surface area is 209 Å². The number of para-hydroxylation sites is 1. The molecule has 0 fully saturated rings. The highest BCUT2D eigenvalue weighted by molar-refractivity contribution is 6.35. The van der Waals surface area contributed by atoms with Gasteiger partial charge in [-0.15, -0.1) is 0 Å². The van der Waals surface area contributed by atoms with Crippen LogP contribution < -0.4 is 5.32 Å². The van der Waals surface area contributed by atoms with Crippen LogP contribution in [0.2, 0.25) is 15.1 Å². The van der Waals surface area contributed by atoms with Crippen LogP contribution in [0.3, 0.4) is 0 Å². The number of nitrogens with one attached hydrogen (secondary N) is 1. The molecule has 1 aromatic heterocycles. The van der Waals surface area contributed by atoms with Gasteiger partial charge in [0.15, 0.2) is 0 Å². The highest BCUT2D eigenvalue weighted by Gasteiger charge is 2.23. The molecule has 1 heterocycles. The predicted octanol–water partition coefficient (Wildman–Crippen LogP) is 7.50. The van der Waals surface area contributed by atoms with E-state index in [-0.39, 0.29) is 11.8 Å². The van der Waals surface area contributed by atoms with Crippen molar-refractivity contribution in [3.63, 3.8) is 0 Å². The molecule has 0 bridgehead atoms. The van der Waals surface area contributed by atoms with Crippen molar-refractivity contribution in [1.82, 2.24) is 9.88 Å². The molecule has 4 rings (SSSR count). The van der Waals surface area contributed by atoms with Crippen LogP contribution in [0.15, 0.2) is 72.9 Å². The van der Waals surface area contributed by atoms with Gasteiger partial charge in [0.05, 0.1) is 0 Å². The number of hydrogen-bond acceptors (Lipinski definition) is 1. The van der Waals surface area contributed by atoms with Gasteiger partial charge in [0.1, 0.15) is 0 Å². The second-order valence-corrected chi connectivity index (χ2v) is 9.32. The van der Waals surface area contributed by atoms with Crippen molar-refractivity contribution in [3.8, 4) is 0 Å². The fourth-order valence-electron chi connectivity index (χ4n) is 4.26. The Hall–Kier alpha value is -2.46. The minimum Gasteiger partial charge on any atom is -0.356 e. The molecule has 1 N–H and O–H groups in total. The predicted molar refractivity (Wildman–Crippen MR) is 139 cm³/mol. The summed E-state index contributed by atoms with van der Waals surface area (Å²) in [5.41, 5.74) is 4.28. The van der Waals surface area contributed by atoms with Gasteiger partial charge < -0.3 is 9.88 Å². The summed E-state index contributed by atoms with van der Waals surface area (Å²) in [5, 5.41) is 6.09. The summed E-state index contributed by atoms with van der Waals surface area (Å²) >= 11 is 18.6. The number of nitrogens with zero attached hydrogens (tertiary/aromatic N) is 1. The SMILES string of the molecule is CCn1cc([C@@H](CC(=O)NCCc2ccc(Cl)cc2Cl)c2cccc(Cl)c2)c2ccccc21. The lowest BCUT2D eigenvalue weighted by Crippen LogP contribution is -2.27. The number of carbonyl (C=O) groups excluding carboxylic acids is 1. The quantitative estimate of drug-likeness (QED) is 0.267. The third-order valence-electron chi connectivity index (χ3n) is 5.91. The number of benzene rings is 3. The summed E-state index contributed by atoms with van der Waals surface area (Å²) in [6.45, 7) is 3.48. The van der Waals surface area contributed by atoms with Gasteiger partial charge in [-0.05, 0) is 60.4 Å². The van der Waals surface area contributed by atoms with E-state index in [9.17, 15) is 4.79 Å². The van der Waals surface area contributed by atoms with Gasteiger partial charge in [-0.3, -0.25) is 4.79 Å². The van der Waals surface area contributed by atoms with Crippen molar-refractivity contribution < 1.29 is 4.79 Å². The molecule has 0 saturated heterocycles. The molecule has 0 aliphatic rings. The van der Waals surface area contributed by atoms with Crippen molar-refractivity contribution in [2.45, 2.75) is 32.2 Å². The van der Waals surface area contributed by atoms with Gasteiger partial charge in [0, 0.05) is 57.6 Å². The third-order valence-corrected chi connectivity index (χ3v) is 6.73. The second kappa shape index (κ2) is 10.6. The molecule has 0 saturated carbocycles. The normalized spacial score (nSPS) is 12.1. The van der Waals surface area contributed by atoms with E-state index in [4.69, 9.17) is 34.8 Å². The minimum atomic E-state index is -0.111. The highest BCUT2D eigenvalue weighted by Crippen LogP contribution is 2.35. The largest absolute Gasteiger partial charge is 0.356 e. The molecule has 0 aliphatic heterocycles. The lowest BCUT2D eigenvalue weighted by atomic mass is 9.88. The first kappa shape index (κ1) is 23.7. The van der Waals surface area contributed by atoms with Crippen LogP contribution in [0, 0.1) is 0 Å². The second-order valence-electron chi connectivity index (χ2n) is 8.04. The summed E-state index contributed by atoms with van der Waals surface area (Å²) in [4.78, 5) is 13.0. The molecule has 170 valence electrons. The number of carbonyl (C=O) groups is 1. The molecule has 3 nitrogen and oxygen atoms in total. The van der Waals surface area contributed by atoms with Crippen LogP contribution in [0.4, 0.5) is 0 Å². The van der Waals surface area contributed by atoms with Crippen molar-refractivity contribution in [2.24, 2.45) is 0 Å². The molecule has 0 aliphatic carbocycles. The van der Waals surface area contributed by atoms with Gasteiger partial charge >= 0.3 is 0 Å². The van der Waals surface area contributed by atoms with Gasteiger partial charge in [-0.1, -0.05) is 71.2 Å². The number of aryl methyl sites for hydroxylation is 1. The number of aromatic nitrogens is 1. The maximum atomic E-state index is 13.0. The summed E-state index contributed by atoms with van der Waals surface area (Å²) < 4.78 is 2.22. The molecule has 0 unspecified atom stereocenters. The molecule has 3 aromatic carbocycles. The zero-order chi connectivity index (χ0) is 23.4. The number of hydrogen-bond donors (Lipinski definition) is 1. The van der Waals surface area contributed by atoms with Gasteiger partial charge in [0.25, 0.3) is 0 Å². The molecule has 0 spiro atoms. The Morgan fingerprint density at radius 2 is 1.76 bits per heavy atom. The average molecular weight is 500 g/mol. The fraction of sp³-hybridized carbons (Fsp3) is 0.222. The van der Waals surface area contributed by atoms with Crippen molar-refractivity contribution >= 4 is 51.6 Å². The Balaban J connectivity index is 1.57. The minimum absolute atomic E-state index is 0.0154. The molecule has 33 heavy (non-hydrogen) atoms. The van der Waals surface area contributed by atoms with Crippen molar-refractivity contribution in [3.05, 3.63) is 105 Å². The van der Waals surface area contributed by atoms with E-state index >= 15 is 0 Å². The zero-order valence-corrected chi connectivity index (χ0v) is 20.6. The van der Waals surface area contributed by atoms with Gasteiger partial charge in [-0.25, -0.2) is 0 Å². The van der Waals surface area contributed by atoms with Crippen LogP contribution in [-0.4, -0.2) is 17.0 Å². The number of amides is 1. The number of fused-ring (bicyclic) bond motifs is 1. The smallest absolute Gasteiger partial charge is 0.220 e. The van der Waals surface area contributed by atoms with Crippen LogP contribution in [0.25, 0.3) is 10.9 Å². The zero-order valence-electron chi connectivity index (χ0n) is 18.3. The van der Waals surface area contributed by atoms with E-state index in [0.29, 0.717) is 34.5 Å². The van der Waals surface area contributed by atoms with E-state index in [0.717, 1.165) is 28.6 Å². The Morgan fingerprint density at radius 1 is 0.970 bits per heavy atom. The standard InChI is InChI=1S/C27H25Cl3N2O/c1-2-32-17-24(22-8-3-4-9-26(22)32)23(19-6-5-7-20(28)14-19)16-27(33)31-13-12-18-10-11-21(29)15-25(18)30/h3-11,14-15,17,23H,2,12-13,16H2,1H3,(H,31,33)/t23-/m0/s1. The lowest BCUT2D eigenvalue weighted by molar-refractivity contribution is -0.121. The molecular formula is C27H25Cl3N2O. The van der Waals surface area contributed by atoms with E-state index in [1.807, 2.05) is 48.5 Å². The Morgan fingerprint density at radius 3 is 2.52 bits per heavy atom. The van der Waals surface area contributed by atoms with Gasteiger partial charge in [-0.2, -0.15) is 0 Å². The average Bonchev–Trinajstić information content (AvgIpc) is 3.17. The van der Waals surface area contributed by atoms with E-state index in [1.54, 1.807) is 6.07 Å². The number of halogens is 3. The topological polar surface area (TPSA) is 34.0 Å². The Kier molecular flexibility index (Phi) is 7.64. The Bertz CT molecular complexity index is 1280. The molecule has 1 amide bonds. The first-order valence-corrected chi connectivity index (χ1v) is 12.1. The van der Waals surface area contributed by atoms with Crippen LogP contribution in [0.1, 0.15) is 36.0 Å². The monoisotopic (exact) mass is 498 g/mol. The molecule has 6 heteroatoms. The first-order chi connectivity index (χ1) is 16.0. The summed E-state index contributed by atoms with van der Waals surface area (Å²) in [6, 6.07) is 21.5. The summed E-state index contributed by atoms with van der Waals surface area (Å²) in [7, 11) is 0. The van der Waals surface area contributed by atoms with E-state index in [2.05, 4.69) is 35.1 Å². The number of rotatable bonds is 8. The molecule has 4 aromatic rings. The summed E-state index contributed by atoms with van der Waals surface area (Å²) in [5.74, 6) is -0.126. The van der Waals surface area contributed by atoms with Crippen LogP contribution >= 0.6 is 34.8 Å².